The molecule has 0 fully saturated rings. The maximum Gasteiger partial charge on any atom is 0.318 e. The zero-order valence-electron chi connectivity index (χ0n) is 8.07. The molecule has 0 aromatic rings. The molecule has 0 rings (SSSR count). The number of allylic oxidation sites excluding steroid dienone is 2. The summed E-state index contributed by atoms with van der Waals surface area (Å²) in [5.41, 5.74) is 1.19. The molecule has 0 heterocycles. The summed E-state index contributed by atoms with van der Waals surface area (Å²) in [5.74, 6) is -1.77. The predicted octanol–water partition coefficient (Wildman–Crippen LogP) is 1.13. The van der Waals surface area contributed by atoms with Crippen molar-refractivity contribution in [3.63, 3.8) is 0 Å². The van der Waals surface area contributed by atoms with Crippen molar-refractivity contribution in [2.45, 2.75) is 20.3 Å². The Kier molecular flexibility index (Phi) is 4.44. The van der Waals surface area contributed by atoms with Crippen molar-refractivity contribution >= 4 is 11.9 Å². The molecule has 76 valence electrons. The van der Waals surface area contributed by atoms with Crippen molar-refractivity contribution < 1.29 is 19.8 Å². The number of hydrogen-bond acceptors (Lipinski definition) is 2. The van der Waals surface area contributed by atoms with Crippen LogP contribution in [0.1, 0.15) is 20.3 Å². The van der Waals surface area contributed by atoms with Gasteiger partial charge in [0.1, 0.15) is 0 Å². The zero-order chi connectivity index (χ0) is 11.3. The highest BCUT2D eigenvalue weighted by Gasteiger charge is 2.26. The van der Waals surface area contributed by atoms with E-state index >= 15 is 0 Å². The van der Waals surface area contributed by atoms with Crippen molar-refractivity contribution in [2.75, 3.05) is 0 Å². The van der Waals surface area contributed by atoms with Crippen molar-refractivity contribution in [1.82, 2.24) is 0 Å². The Balaban J connectivity index is 4.73. The smallest absolute Gasteiger partial charge is 0.318 e. The first kappa shape index (κ1) is 12.2. The molecule has 0 aromatic carbocycles. The number of hydrogen-bond donors (Lipinski definition) is 2. The molecule has 0 bridgehead atoms. The fourth-order valence-electron chi connectivity index (χ4n) is 0.863. The molecule has 0 saturated heterocycles. The SMILES string of the molecule is C#CC(C)=C(C)CC(C(=O)O)C(=O)O. The van der Waals surface area contributed by atoms with Gasteiger partial charge in [-0.3, -0.25) is 9.59 Å². The third-order valence-corrected chi connectivity index (χ3v) is 1.96. The fraction of sp³-hybridized carbons (Fsp3) is 0.400. The highest BCUT2D eigenvalue weighted by atomic mass is 16.4. The van der Waals surface area contributed by atoms with Crippen LogP contribution in [0.15, 0.2) is 11.1 Å². The molecular weight excluding hydrogens is 184 g/mol. The van der Waals surface area contributed by atoms with E-state index in [4.69, 9.17) is 16.6 Å². The Morgan fingerprint density at radius 1 is 1.29 bits per heavy atom. The highest BCUT2D eigenvalue weighted by molar-refractivity contribution is 5.93. The van der Waals surface area contributed by atoms with Crippen LogP contribution in [-0.4, -0.2) is 22.2 Å². The van der Waals surface area contributed by atoms with Crippen molar-refractivity contribution in [3.8, 4) is 12.3 Å². The van der Waals surface area contributed by atoms with Gasteiger partial charge in [-0.25, -0.2) is 0 Å². The normalized spacial score (nSPS) is 11.9. The molecule has 0 aromatic heterocycles. The fourth-order valence-corrected chi connectivity index (χ4v) is 0.863. The van der Waals surface area contributed by atoms with Crippen LogP contribution in [0.2, 0.25) is 0 Å². The number of terminal acetylenes is 1. The quantitative estimate of drug-likeness (QED) is 0.522. The summed E-state index contributed by atoms with van der Waals surface area (Å²) in [6.45, 7) is 3.28. The second-order valence-electron chi connectivity index (χ2n) is 2.98. The minimum absolute atomic E-state index is 0.0549. The molecule has 0 spiro atoms. The highest BCUT2D eigenvalue weighted by Crippen LogP contribution is 2.15. The van der Waals surface area contributed by atoms with Gasteiger partial charge in [-0.15, -0.1) is 6.42 Å². The Hall–Kier alpha value is -1.76. The van der Waals surface area contributed by atoms with E-state index in [1.165, 1.54) is 0 Å². The monoisotopic (exact) mass is 196 g/mol. The first-order chi connectivity index (χ1) is 6.40. The molecular formula is C10H12O4. The van der Waals surface area contributed by atoms with E-state index in [2.05, 4.69) is 5.92 Å². The van der Waals surface area contributed by atoms with E-state index in [0.29, 0.717) is 11.1 Å². The predicted molar refractivity (Wildman–Crippen MR) is 50.6 cm³/mol. The molecule has 0 aliphatic carbocycles. The Morgan fingerprint density at radius 3 is 2.00 bits per heavy atom. The van der Waals surface area contributed by atoms with Crippen LogP contribution in [0.5, 0.6) is 0 Å². The lowest BCUT2D eigenvalue weighted by Crippen LogP contribution is -2.23. The van der Waals surface area contributed by atoms with Crippen molar-refractivity contribution in [2.24, 2.45) is 5.92 Å². The summed E-state index contributed by atoms with van der Waals surface area (Å²) in [6, 6.07) is 0. The largest absolute Gasteiger partial charge is 0.481 e. The van der Waals surface area contributed by atoms with Crippen LogP contribution in [0.4, 0.5) is 0 Å². The molecule has 4 nitrogen and oxygen atoms in total. The van der Waals surface area contributed by atoms with Gasteiger partial charge < -0.3 is 10.2 Å². The van der Waals surface area contributed by atoms with E-state index in [-0.39, 0.29) is 6.42 Å². The van der Waals surface area contributed by atoms with Gasteiger partial charge in [0.2, 0.25) is 0 Å². The van der Waals surface area contributed by atoms with Crippen LogP contribution >= 0.6 is 0 Å². The van der Waals surface area contributed by atoms with Crippen molar-refractivity contribution in [3.05, 3.63) is 11.1 Å². The summed E-state index contributed by atoms with van der Waals surface area (Å²) in [7, 11) is 0. The van der Waals surface area contributed by atoms with E-state index in [1.54, 1.807) is 13.8 Å². The van der Waals surface area contributed by atoms with Crippen molar-refractivity contribution in [1.29, 1.82) is 0 Å². The molecule has 0 saturated carbocycles. The van der Waals surface area contributed by atoms with E-state index < -0.39 is 17.9 Å². The molecule has 4 heteroatoms. The third kappa shape index (κ3) is 3.31. The molecule has 0 radical (unpaired) electrons. The lowest BCUT2D eigenvalue weighted by atomic mass is 9.97. The van der Waals surface area contributed by atoms with Crippen LogP contribution in [0, 0.1) is 18.3 Å². The summed E-state index contributed by atoms with van der Waals surface area (Å²) in [4.78, 5) is 21.1. The third-order valence-electron chi connectivity index (χ3n) is 1.96. The van der Waals surface area contributed by atoms with Gasteiger partial charge in [0.05, 0.1) is 0 Å². The number of carbonyl (C=O) groups is 2. The summed E-state index contributed by atoms with van der Waals surface area (Å²) >= 11 is 0. The van der Waals surface area contributed by atoms with E-state index in [9.17, 15) is 9.59 Å². The van der Waals surface area contributed by atoms with Gasteiger partial charge >= 0.3 is 11.9 Å². The molecule has 0 amide bonds. The number of carboxylic acids is 2. The second-order valence-corrected chi connectivity index (χ2v) is 2.98. The average molecular weight is 196 g/mol. The standard InChI is InChI=1S/C10H12O4/c1-4-6(2)7(3)5-8(9(11)12)10(13)14/h1,8H,5H2,2-3H3,(H,11,12)(H,13,14). The molecule has 14 heavy (non-hydrogen) atoms. The van der Waals surface area contributed by atoms with Crippen LogP contribution in [0.25, 0.3) is 0 Å². The molecule has 0 aliphatic heterocycles. The van der Waals surface area contributed by atoms with Crippen LogP contribution in [0.3, 0.4) is 0 Å². The van der Waals surface area contributed by atoms with E-state index in [1.807, 2.05) is 0 Å². The van der Waals surface area contributed by atoms with E-state index in [0.717, 1.165) is 0 Å². The van der Waals surface area contributed by atoms with Gasteiger partial charge in [0.25, 0.3) is 0 Å². The Morgan fingerprint density at radius 2 is 1.71 bits per heavy atom. The maximum atomic E-state index is 10.5. The van der Waals surface area contributed by atoms with Crippen LogP contribution < -0.4 is 0 Å². The molecule has 0 aliphatic rings. The van der Waals surface area contributed by atoms with Gasteiger partial charge in [-0.1, -0.05) is 11.5 Å². The van der Waals surface area contributed by atoms with Gasteiger partial charge in [0.15, 0.2) is 5.92 Å². The Labute approximate surface area is 82.2 Å². The van der Waals surface area contributed by atoms with Gasteiger partial charge in [0, 0.05) is 0 Å². The zero-order valence-corrected chi connectivity index (χ0v) is 8.07. The van der Waals surface area contributed by atoms with Crippen LogP contribution in [-0.2, 0) is 9.59 Å². The lowest BCUT2D eigenvalue weighted by Gasteiger charge is -2.08. The summed E-state index contributed by atoms with van der Waals surface area (Å²) in [6.07, 6.45) is 5.04. The summed E-state index contributed by atoms with van der Waals surface area (Å²) < 4.78 is 0. The first-order valence-electron chi connectivity index (χ1n) is 3.98. The summed E-state index contributed by atoms with van der Waals surface area (Å²) in [5, 5.41) is 17.2. The first-order valence-corrected chi connectivity index (χ1v) is 3.98. The topological polar surface area (TPSA) is 74.6 Å². The lowest BCUT2D eigenvalue weighted by molar-refractivity contribution is -0.154. The number of carboxylic acid groups (broad SMARTS) is 2. The minimum atomic E-state index is -1.42. The average Bonchev–Trinajstić information content (AvgIpc) is 2.11. The number of rotatable bonds is 4. The molecule has 0 unspecified atom stereocenters. The van der Waals surface area contributed by atoms with Gasteiger partial charge in [-0.05, 0) is 25.8 Å². The molecule has 0 atom stereocenters. The number of aliphatic carboxylic acids is 2. The maximum absolute atomic E-state index is 10.5. The van der Waals surface area contributed by atoms with Gasteiger partial charge in [-0.2, -0.15) is 0 Å². The second kappa shape index (κ2) is 5.07. The Bertz CT molecular complexity index is 306. The molecule has 2 N–H and O–H groups in total. The minimum Gasteiger partial charge on any atom is -0.481 e.